The van der Waals surface area contributed by atoms with Crippen LogP contribution in [0.1, 0.15) is 31.9 Å². The summed E-state index contributed by atoms with van der Waals surface area (Å²) in [5, 5.41) is 4.45. The molecule has 18 heavy (non-hydrogen) atoms. The van der Waals surface area contributed by atoms with E-state index in [1.807, 2.05) is 12.1 Å². The van der Waals surface area contributed by atoms with Crippen LogP contribution in [0.2, 0.25) is 5.02 Å². The van der Waals surface area contributed by atoms with Gasteiger partial charge in [0.15, 0.2) is 0 Å². The standard InChI is InChI=1S/C15H23ClN2/c1-11-8-9-17-15(11)10-18(3)12(2)13-6-4-5-7-14(13)16/h4-7,11-12,15,17H,8-10H2,1-3H3. The minimum Gasteiger partial charge on any atom is -0.312 e. The van der Waals surface area contributed by atoms with Crippen LogP contribution < -0.4 is 5.32 Å². The molecule has 1 saturated heterocycles. The smallest absolute Gasteiger partial charge is 0.0453 e. The first-order chi connectivity index (χ1) is 8.59. The van der Waals surface area contributed by atoms with E-state index in [1.165, 1.54) is 12.0 Å². The lowest BCUT2D eigenvalue weighted by Crippen LogP contribution is -2.39. The van der Waals surface area contributed by atoms with Gasteiger partial charge in [-0.1, -0.05) is 36.7 Å². The Kier molecular flexibility index (Phi) is 4.66. The Balaban J connectivity index is 2.00. The fourth-order valence-corrected chi connectivity index (χ4v) is 2.96. The molecule has 0 amide bonds. The van der Waals surface area contributed by atoms with E-state index in [9.17, 15) is 0 Å². The summed E-state index contributed by atoms with van der Waals surface area (Å²) in [4.78, 5) is 2.39. The van der Waals surface area contributed by atoms with E-state index >= 15 is 0 Å². The normalized spacial score (nSPS) is 25.6. The van der Waals surface area contributed by atoms with E-state index in [-0.39, 0.29) is 0 Å². The predicted molar refractivity (Wildman–Crippen MR) is 78.1 cm³/mol. The molecule has 2 nitrogen and oxygen atoms in total. The zero-order valence-corrected chi connectivity index (χ0v) is 12.2. The second kappa shape index (κ2) is 6.05. The van der Waals surface area contributed by atoms with E-state index in [4.69, 9.17) is 11.6 Å². The largest absolute Gasteiger partial charge is 0.312 e. The van der Waals surface area contributed by atoms with Gasteiger partial charge in [-0.15, -0.1) is 0 Å². The molecular formula is C15H23ClN2. The highest BCUT2D eigenvalue weighted by Gasteiger charge is 2.25. The topological polar surface area (TPSA) is 15.3 Å². The lowest BCUT2D eigenvalue weighted by Gasteiger charge is -2.29. The van der Waals surface area contributed by atoms with Crippen LogP contribution in [-0.4, -0.2) is 31.1 Å². The minimum absolute atomic E-state index is 0.355. The Labute approximate surface area is 115 Å². The Morgan fingerprint density at radius 1 is 1.44 bits per heavy atom. The van der Waals surface area contributed by atoms with Gasteiger partial charge in [-0.3, -0.25) is 4.90 Å². The van der Waals surface area contributed by atoms with Crippen molar-refractivity contribution in [3.05, 3.63) is 34.9 Å². The Hall–Kier alpha value is -0.570. The summed E-state index contributed by atoms with van der Waals surface area (Å²) in [7, 11) is 2.18. The van der Waals surface area contributed by atoms with Crippen molar-refractivity contribution in [2.24, 2.45) is 5.92 Å². The van der Waals surface area contributed by atoms with Crippen molar-refractivity contribution >= 4 is 11.6 Å². The van der Waals surface area contributed by atoms with Crippen LogP contribution in [0.4, 0.5) is 0 Å². The Morgan fingerprint density at radius 2 is 2.17 bits per heavy atom. The van der Waals surface area contributed by atoms with Crippen molar-refractivity contribution in [2.75, 3.05) is 20.1 Å². The number of rotatable bonds is 4. The maximum atomic E-state index is 6.27. The summed E-state index contributed by atoms with van der Waals surface area (Å²) in [6, 6.07) is 9.10. The first-order valence-electron chi connectivity index (χ1n) is 6.77. The van der Waals surface area contributed by atoms with Gasteiger partial charge in [-0.05, 0) is 44.5 Å². The highest BCUT2D eigenvalue weighted by molar-refractivity contribution is 6.31. The van der Waals surface area contributed by atoms with E-state index < -0.39 is 0 Å². The number of benzene rings is 1. The van der Waals surface area contributed by atoms with Crippen LogP contribution in [0.5, 0.6) is 0 Å². The van der Waals surface area contributed by atoms with Gasteiger partial charge in [-0.2, -0.15) is 0 Å². The van der Waals surface area contributed by atoms with Crippen LogP contribution in [0.15, 0.2) is 24.3 Å². The molecule has 1 N–H and O–H groups in total. The van der Waals surface area contributed by atoms with Crippen LogP contribution in [0.25, 0.3) is 0 Å². The van der Waals surface area contributed by atoms with E-state index in [0.29, 0.717) is 12.1 Å². The summed E-state index contributed by atoms with van der Waals surface area (Å²) in [5.41, 5.74) is 1.22. The molecule has 3 heteroatoms. The van der Waals surface area contributed by atoms with Crippen molar-refractivity contribution in [2.45, 2.75) is 32.4 Å². The molecule has 1 aromatic rings. The lowest BCUT2D eigenvalue weighted by atomic mass is 10.0. The Morgan fingerprint density at radius 3 is 2.78 bits per heavy atom. The number of halogens is 1. The van der Waals surface area contributed by atoms with Gasteiger partial charge >= 0.3 is 0 Å². The molecule has 0 saturated carbocycles. The van der Waals surface area contributed by atoms with Gasteiger partial charge in [-0.25, -0.2) is 0 Å². The lowest BCUT2D eigenvalue weighted by molar-refractivity contribution is 0.223. The van der Waals surface area contributed by atoms with E-state index in [0.717, 1.165) is 24.0 Å². The first kappa shape index (κ1) is 13.9. The zero-order chi connectivity index (χ0) is 13.1. The maximum absolute atomic E-state index is 6.27. The fraction of sp³-hybridized carbons (Fsp3) is 0.600. The van der Waals surface area contributed by atoms with Crippen LogP contribution in [-0.2, 0) is 0 Å². The van der Waals surface area contributed by atoms with E-state index in [1.54, 1.807) is 0 Å². The predicted octanol–water partition coefficient (Wildman–Crippen LogP) is 3.33. The molecule has 3 atom stereocenters. The summed E-state index contributed by atoms with van der Waals surface area (Å²) < 4.78 is 0. The summed E-state index contributed by atoms with van der Waals surface area (Å²) >= 11 is 6.27. The number of hydrogen-bond donors (Lipinski definition) is 1. The maximum Gasteiger partial charge on any atom is 0.0453 e. The van der Waals surface area contributed by atoms with Crippen molar-refractivity contribution in [3.8, 4) is 0 Å². The molecule has 1 aliphatic rings. The summed E-state index contributed by atoms with van der Waals surface area (Å²) in [5.74, 6) is 0.769. The van der Waals surface area contributed by atoms with Crippen molar-refractivity contribution in [3.63, 3.8) is 0 Å². The second-order valence-electron chi connectivity index (χ2n) is 5.46. The van der Waals surface area contributed by atoms with Crippen LogP contribution >= 0.6 is 11.6 Å². The average Bonchev–Trinajstić information content (AvgIpc) is 2.75. The highest BCUT2D eigenvalue weighted by atomic mass is 35.5. The molecule has 1 aliphatic heterocycles. The number of nitrogens with zero attached hydrogens (tertiary/aromatic N) is 1. The number of likely N-dealkylation sites (N-methyl/N-ethyl adjacent to an activating group) is 1. The molecule has 0 bridgehead atoms. The quantitative estimate of drug-likeness (QED) is 0.899. The van der Waals surface area contributed by atoms with Gasteiger partial charge in [0.25, 0.3) is 0 Å². The summed E-state index contributed by atoms with van der Waals surface area (Å²) in [6.07, 6.45) is 1.29. The van der Waals surface area contributed by atoms with Gasteiger partial charge < -0.3 is 5.32 Å². The van der Waals surface area contributed by atoms with Gasteiger partial charge in [0.05, 0.1) is 0 Å². The third kappa shape index (κ3) is 3.05. The highest BCUT2D eigenvalue weighted by Crippen LogP contribution is 2.27. The molecule has 3 unspecified atom stereocenters. The zero-order valence-electron chi connectivity index (χ0n) is 11.5. The molecule has 0 aliphatic carbocycles. The molecule has 0 spiro atoms. The van der Waals surface area contributed by atoms with Crippen molar-refractivity contribution in [1.82, 2.24) is 10.2 Å². The molecule has 2 rings (SSSR count). The first-order valence-corrected chi connectivity index (χ1v) is 7.15. The molecule has 1 heterocycles. The minimum atomic E-state index is 0.355. The third-order valence-electron chi connectivity index (χ3n) is 4.19. The van der Waals surface area contributed by atoms with Crippen LogP contribution in [0.3, 0.4) is 0 Å². The van der Waals surface area contributed by atoms with Crippen molar-refractivity contribution in [1.29, 1.82) is 0 Å². The third-order valence-corrected chi connectivity index (χ3v) is 4.54. The SMILES string of the molecule is CC1CCNC1CN(C)C(C)c1ccccc1Cl. The Bertz CT molecular complexity index is 394. The number of hydrogen-bond acceptors (Lipinski definition) is 2. The molecule has 100 valence electrons. The van der Waals surface area contributed by atoms with Gasteiger partial charge in [0.1, 0.15) is 0 Å². The molecular weight excluding hydrogens is 244 g/mol. The van der Waals surface area contributed by atoms with Gasteiger partial charge in [0, 0.05) is 23.7 Å². The van der Waals surface area contributed by atoms with Crippen molar-refractivity contribution < 1.29 is 0 Å². The molecule has 0 radical (unpaired) electrons. The molecule has 1 aromatic carbocycles. The summed E-state index contributed by atoms with van der Waals surface area (Å²) in [6.45, 7) is 6.78. The second-order valence-corrected chi connectivity index (χ2v) is 5.87. The number of nitrogens with one attached hydrogen (secondary N) is 1. The van der Waals surface area contributed by atoms with E-state index in [2.05, 4.69) is 43.2 Å². The fourth-order valence-electron chi connectivity index (χ4n) is 2.66. The monoisotopic (exact) mass is 266 g/mol. The molecule has 0 aromatic heterocycles. The van der Waals surface area contributed by atoms with Crippen LogP contribution in [0, 0.1) is 5.92 Å². The molecule has 1 fully saturated rings. The average molecular weight is 267 g/mol. The van der Waals surface area contributed by atoms with Gasteiger partial charge in [0.2, 0.25) is 0 Å².